The lowest BCUT2D eigenvalue weighted by molar-refractivity contribution is -0.120. The highest BCUT2D eigenvalue weighted by atomic mass is 16.5. The molecule has 1 aliphatic heterocycles. The maximum atomic E-state index is 11.5. The number of ketones is 1. The Morgan fingerprint density at radius 1 is 1.50 bits per heavy atom. The fourth-order valence-electron chi connectivity index (χ4n) is 1.70. The zero-order valence-electron chi connectivity index (χ0n) is 9.05. The minimum absolute atomic E-state index is 0.262. The largest absolute Gasteiger partial charge is 0.379 e. The van der Waals surface area contributed by atoms with Crippen LogP contribution in [0.2, 0.25) is 0 Å². The van der Waals surface area contributed by atoms with Gasteiger partial charge in [-0.05, 0) is 6.42 Å². The Morgan fingerprint density at radius 2 is 2.36 bits per heavy atom. The van der Waals surface area contributed by atoms with Crippen LogP contribution in [0.1, 0.15) is 39.0 Å². The van der Waals surface area contributed by atoms with Crippen molar-refractivity contribution in [2.24, 2.45) is 0 Å². The van der Waals surface area contributed by atoms with Crippen molar-refractivity contribution in [2.75, 3.05) is 19.8 Å². The van der Waals surface area contributed by atoms with Crippen molar-refractivity contribution in [3.63, 3.8) is 0 Å². The fraction of sp³-hybridized carbons (Fsp3) is 0.909. The first-order valence-corrected chi connectivity index (χ1v) is 5.65. The molecule has 1 aliphatic rings. The second kappa shape index (κ2) is 6.96. The van der Waals surface area contributed by atoms with Gasteiger partial charge in [0, 0.05) is 25.4 Å². The van der Waals surface area contributed by atoms with Crippen molar-refractivity contribution < 1.29 is 9.53 Å². The number of carbonyl (C=O) groups excluding carboxylic acids is 1. The first-order chi connectivity index (χ1) is 6.83. The molecular weight excluding hydrogens is 178 g/mol. The molecule has 82 valence electrons. The van der Waals surface area contributed by atoms with E-state index in [-0.39, 0.29) is 6.04 Å². The molecule has 0 spiro atoms. The third kappa shape index (κ3) is 4.72. The molecule has 1 unspecified atom stereocenters. The molecule has 14 heavy (non-hydrogen) atoms. The van der Waals surface area contributed by atoms with Crippen LogP contribution >= 0.6 is 0 Å². The standard InChI is InChI=1S/C11H21NO2/c1-2-3-4-5-11(13)8-10-9-14-7-6-12-10/h10,12H,2-9H2,1H3. The van der Waals surface area contributed by atoms with Gasteiger partial charge in [-0.15, -0.1) is 0 Å². The van der Waals surface area contributed by atoms with Gasteiger partial charge in [0.2, 0.25) is 0 Å². The van der Waals surface area contributed by atoms with Gasteiger partial charge >= 0.3 is 0 Å². The molecule has 0 aromatic carbocycles. The number of hydrogen-bond donors (Lipinski definition) is 1. The van der Waals surface area contributed by atoms with E-state index in [1.165, 1.54) is 12.8 Å². The second-order valence-corrected chi connectivity index (χ2v) is 3.93. The van der Waals surface area contributed by atoms with Crippen molar-refractivity contribution in [3.8, 4) is 0 Å². The monoisotopic (exact) mass is 199 g/mol. The molecule has 0 aliphatic carbocycles. The number of Topliss-reactive ketones (excluding diaryl/α,β-unsaturated/α-hetero) is 1. The highest BCUT2D eigenvalue weighted by Crippen LogP contribution is 2.05. The first-order valence-electron chi connectivity index (χ1n) is 5.65. The van der Waals surface area contributed by atoms with Crippen LogP contribution < -0.4 is 5.32 Å². The molecule has 0 aromatic rings. The lowest BCUT2D eigenvalue weighted by Crippen LogP contribution is -2.42. The van der Waals surface area contributed by atoms with Crippen LogP contribution in [0.4, 0.5) is 0 Å². The van der Waals surface area contributed by atoms with E-state index < -0.39 is 0 Å². The van der Waals surface area contributed by atoms with E-state index >= 15 is 0 Å². The molecule has 3 nitrogen and oxygen atoms in total. The number of ether oxygens (including phenoxy) is 1. The lowest BCUT2D eigenvalue weighted by atomic mass is 10.1. The van der Waals surface area contributed by atoms with Gasteiger partial charge in [0.05, 0.1) is 13.2 Å². The van der Waals surface area contributed by atoms with Crippen LogP contribution in [-0.2, 0) is 9.53 Å². The van der Waals surface area contributed by atoms with Crippen LogP contribution in [-0.4, -0.2) is 31.6 Å². The topological polar surface area (TPSA) is 38.3 Å². The molecule has 1 rings (SSSR count). The van der Waals surface area contributed by atoms with E-state index in [0.717, 1.165) is 26.0 Å². The molecule has 1 N–H and O–H groups in total. The van der Waals surface area contributed by atoms with Gasteiger partial charge in [-0.3, -0.25) is 4.79 Å². The quantitative estimate of drug-likeness (QED) is 0.659. The Bertz CT molecular complexity index is 165. The van der Waals surface area contributed by atoms with Crippen molar-refractivity contribution in [2.45, 2.75) is 45.1 Å². The van der Waals surface area contributed by atoms with Crippen molar-refractivity contribution in [1.29, 1.82) is 0 Å². The third-order valence-electron chi connectivity index (χ3n) is 2.53. The molecule has 0 radical (unpaired) electrons. The zero-order valence-corrected chi connectivity index (χ0v) is 9.05. The van der Waals surface area contributed by atoms with Crippen LogP contribution in [0.15, 0.2) is 0 Å². The molecule has 1 heterocycles. The zero-order chi connectivity index (χ0) is 10.2. The lowest BCUT2D eigenvalue weighted by Gasteiger charge is -2.23. The summed E-state index contributed by atoms with van der Waals surface area (Å²) in [5, 5.41) is 3.29. The van der Waals surface area contributed by atoms with E-state index in [2.05, 4.69) is 12.2 Å². The van der Waals surface area contributed by atoms with E-state index in [0.29, 0.717) is 18.8 Å². The average Bonchev–Trinajstić information content (AvgIpc) is 2.20. The molecule has 3 heteroatoms. The van der Waals surface area contributed by atoms with Crippen molar-refractivity contribution in [3.05, 3.63) is 0 Å². The number of rotatable bonds is 6. The predicted molar refractivity (Wildman–Crippen MR) is 56.4 cm³/mol. The van der Waals surface area contributed by atoms with E-state index in [1.807, 2.05) is 0 Å². The van der Waals surface area contributed by atoms with Crippen molar-refractivity contribution >= 4 is 5.78 Å². The molecular formula is C11H21NO2. The third-order valence-corrected chi connectivity index (χ3v) is 2.53. The predicted octanol–water partition coefficient (Wildman–Crippen LogP) is 1.51. The molecule has 1 atom stereocenters. The summed E-state index contributed by atoms with van der Waals surface area (Å²) in [5.41, 5.74) is 0. The van der Waals surface area contributed by atoms with Gasteiger partial charge in [0.1, 0.15) is 5.78 Å². The van der Waals surface area contributed by atoms with Gasteiger partial charge < -0.3 is 10.1 Å². The summed E-state index contributed by atoms with van der Waals surface area (Å²) < 4.78 is 5.29. The molecule has 0 saturated carbocycles. The Kier molecular flexibility index (Phi) is 5.80. The van der Waals surface area contributed by atoms with E-state index in [1.54, 1.807) is 0 Å². The van der Waals surface area contributed by atoms with E-state index in [4.69, 9.17) is 4.74 Å². The second-order valence-electron chi connectivity index (χ2n) is 3.93. The minimum atomic E-state index is 0.262. The highest BCUT2D eigenvalue weighted by Gasteiger charge is 2.16. The molecule has 0 aromatic heterocycles. The number of hydrogen-bond acceptors (Lipinski definition) is 3. The maximum Gasteiger partial charge on any atom is 0.134 e. The molecule has 0 bridgehead atoms. The average molecular weight is 199 g/mol. The minimum Gasteiger partial charge on any atom is -0.379 e. The number of carbonyl (C=O) groups is 1. The summed E-state index contributed by atoms with van der Waals surface area (Å²) in [4.78, 5) is 11.5. The summed E-state index contributed by atoms with van der Waals surface area (Å²) in [5.74, 6) is 0.376. The Balaban J connectivity index is 2.06. The van der Waals surface area contributed by atoms with Crippen LogP contribution in [0.25, 0.3) is 0 Å². The number of unbranched alkanes of at least 4 members (excludes halogenated alkanes) is 2. The summed E-state index contributed by atoms with van der Waals surface area (Å²) in [6, 6.07) is 0.262. The Labute approximate surface area is 86.2 Å². The van der Waals surface area contributed by atoms with Crippen molar-refractivity contribution in [1.82, 2.24) is 5.32 Å². The molecule has 1 fully saturated rings. The summed E-state index contributed by atoms with van der Waals surface area (Å²) >= 11 is 0. The van der Waals surface area contributed by atoms with Crippen LogP contribution in [0, 0.1) is 0 Å². The summed E-state index contributed by atoms with van der Waals surface area (Å²) in [6.07, 6.45) is 4.77. The Morgan fingerprint density at radius 3 is 3.00 bits per heavy atom. The smallest absolute Gasteiger partial charge is 0.134 e. The molecule has 0 amide bonds. The summed E-state index contributed by atoms with van der Waals surface area (Å²) in [6.45, 7) is 4.51. The highest BCUT2D eigenvalue weighted by molar-refractivity contribution is 5.78. The Hall–Kier alpha value is -0.410. The van der Waals surface area contributed by atoms with Gasteiger partial charge in [-0.1, -0.05) is 19.8 Å². The van der Waals surface area contributed by atoms with E-state index in [9.17, 15) is 4.79 Å². The normalized spacial score (nSPS) is 22.2. The van der Waals surface area contributed by atoms with Gasteiger partial charge in [-0.2, -0.15) is 0 Å². The maximum absolute atomic E-state index is 11.5. The first kappa shape index (κ1) is 11.7. The van der Waals surface area contributed by atoms with Gasteiger partial charge in [0.15, 0.2) is 0 Å². The molecule has 1 saturated heterocycles. The summed E-state index contributed by atoms with van der Waals surface area (Å²) in [7, 11) is 0. The van der Waals surface area contributed by atoms with Gasteiger partial charge in [-0.25, -0.2) is 0 Å². The SMILES string of the molecule is CCCCCC(=O)CC1COCCN1. The van der Waals surface area contributed by atoms with Gasteiger partial charge in [0.25, 0.3) is 0 Å². The van der Waals surface area contributed by atoms with Crippen LogP contribution in [0.5, 0.6) is 0 Å². The van der Waals surface area contributed by atoms with Crippen LogP contribution in [0.3, 0.4) is 0 Å². The fourth-order valence-corrected chi connectivity index (χ4v) is 1.70. The number of morpholine rings is 1. The number of nitrogens with one attached hydrogen (secondary N) is 1.